The summed E-state index contributed by atoms with van der Waals surface area (Å²) in [6, 6.07) is 78.4. The lowest BCUT2D eigenvalue weighted by Crippen LogP contribution is -2.16. The minimum Gasteiger partial charge on any atom is -0.310 e. The van der Waals surface area contributed by atoms with Crippen molar-refractivity contribution in [3.8, 4) is 50.9 Å². The number of anilines is 3. The van der Waals surface area contributed by atoms with Gasteiger partial charge in [0.15, 0.2) is 0 Å². The summed E-state index contributed by atoms with van der Waals surface area (Å²) in [6.07, 6.45) is 0. The molecule has 0 aliphatic heterocycles. The molecule has 0 unspecified atom stereocenters. The predicted molar refractivity (Wildman–Crippen MR) is 256 cm³/mol. The Morgan fingerprint density at radius 2 is 1.00 bits per heavy atom. The monoisotopic (exact) mass is 778 g/mol. The van der Waals surface area contributed by atoms with Crippen molar-refractivity contribution in [2.45, 2.75) is 19.3 Å². The molecule has 9 aromatic carbocycles. The molecule has 0 spiro atoms. The molecule has 1 aromatic heterocycles. The van der Waals surface area contributed by atoms with Crippen molar-refractivity contribution in [3.05, 3.63) is 241 Å². The van der Waals surface area contributed by atoms with Crippen LogP contribution in [0.5, 0.6) is 0 Å². The molecule has 0 bridgehead atoms. The maximum absolute atomic E-state index is 3.73. The summed E-state index contributed by atoms with van der Waals surface area (Å²) in [7, 11) is 0. The Bertz CT molecular complexity index is 3260. The van der Waals surface area contributed by atoms with Crippen LogP contribution in [0.3, 0.4) is 0 Å². The van der Waals surface area contributed by atoms with E-state index >= 15 is 0 Å². The third-order valence-electron chi connectivity index (χ3n) is 12.4. The second-order valence-electron chi connectivity index (χ2n) is 16.4. The number of hydrogen-bond acceptors (Lipinski definition) is 1. The van der Waals surface area contributed by atoms with Crippen LogP contribution in [-0.2, 0) is 5.41 Å². The first-order valence-corrected chi connectivity index (χ1v) is 21.0. The van der Waals surface area contributed by atoms with E-state index in [9.17, 15) is 0 Å². The van der Waals surface area contributed by atoms with Gasteiger partial charge in [-0.15, -0.1) is 0 Å². The first kappa shape index (κ1) is 36.2. The van der Waals surface area contributed by atoms with Crippen LogP contribution in [0, 0.1) is 11.8 Å². The molecule has 10 aromatic rings. The van der Waals surface area contributed by atoms with Gasteiger partial charge in [-0.2, -0.15) is 0 Å². The predicted octanol–water partition coefficient (Wildman–Crippen LogP) is 15.3. The van der Waals surface area contributed by atoms with Crippen molar-refractivity contribution in [2.24, 2.45) is 0 Å². The van der Waals surface area contributed by atoms with Gasteiger partial charge < -0.3 is 9.47 Å². The third kappa shape index (κ3) is 6.14. The maximum Gasteiger partial charge on any atom is 0.0588 e. The van der Waals surface area contributed by atoms with Crippen molar-refractivity contribution in [1.82, 2.24) is 4.57 Å². The normalized spacial score (nSPS) is 12.4. The van der Waals surface area contributed by atoms with E-state index in [2.05, 4.69) is 254 Å². The summed E-state index contributed by atoms with van der Waals surface area (Å²) in [4.78, 5) is 2.36. The van der Waals surface area contributed by atoms with Gasteiger partial charge >= 0.3 is 0 Å². The Morgan fingerprint density at radius 1 is 0.443 bits per heavy atom. The molecule has 1 aliphatic rings. The molecule has 288 valence electrons. The fraction of sp³-hybridized carbons (Fsp3) is 0.0508. The van der Waals surface area contributed by atoms with Crippen molar-refractivity contribution in [1.29, 1.82) is 0 Å². The minimum absolute atomic E-state index is 0.265. The van der Waals surface area contributed by atoms with Crippen molar-refractivity contribution in [3.63, 3.8) is 0 Å². The van der Waals surface area contributed by atoms with Crippen LogP contribution in [0.2, 0.25) is 0 Å². The first-order valence-electron chi connectivity index (χ1n) is 21.0. The smallest absolute Gasteiger partial charge is 0.0588 e. The standard InChI is InChI=1S/C59H42N2/c1-59(2)54-38-41(33-35-48(54)50-36-37-51-49-30-18-19-31-55(49)61(58(51)57(50)59)47-28-16-7-17-29-47)32-34-44-39-53(43-22-10-4-11-23-43)56(40-52(44)42-20-8-3-9-21-42)60(45-24-12-5-13-25-45)46-26-14-6-15-27-46/h3-31,33,35-40H,1-2H3. The van der Waals surface area contributed by atoms with Gasteiger partial charge in [0.1, 0.15) is 0 Å². The third-order valence-corrected chi connectivity index (χ3v) is 12.4. The topological polar surface area (TPSA) is 8.17 Å². The molecule has 0 radical (unpaired) electrons. The van der Waals surface area contributed by atoms with Gasteiger partial charge in [-0.05, 0) is 106 Å². The van der Waals surface area contributed by atoms with E-state index in [4.69, 9.17) is 0 Å². The Balaban J connectivity index is 1.09. The van der Waals surface area contributed by atoms with E-state index in [-0.39, 0.29) is 5.41 Å². The van der Waals surface area contributed by atoms with Gasteiger partial charge in [-0.25, -0.2) is 0 Å². The van der Waals surface area contributed by atoms with Gasteiger partial charge in [-0.3, -0.25) is 0 Å². The highest BCUT2D eigenvalue weighted by Crippen LogP contribution is 2.53. The lowest BCUT2D eigenvalue weighted by Gasteiger charge is -2.29. The Hall–Kier alpha value is -7.86. The summed E-state index contributed by atoms with van der Waals surface area (Å²) < 4.78 is 2.47. The molecule has 0 saturated heterocycles. The fourth-order valence-electron chi connectivity index (χ4n) is 9.57. The van der Waals surface area contributed by atoms with Gasteiger partial charge in [0.2, 0.25) is 0 Å². The Kier molecular flexibility index (Phi) is 8.76. The lowest BCUT2D eigenvalue weighted by molar-refractivity contribution is 0.663. The maximum atomic E-state index is 3.73. The molecule has 11 rings (SSSR count). The fourth-order valence-corrected chi connectivity index (χ4v) is 9.57. The Morgan fingerprint density at radius 3 is 1.66 bits per heavy atom. The van der Waals surface area contributed by atoms with Crippen molar-refractivity contribution in [2.75, 3.05) is 4.90 Å². The van der Waals surface area contributed by atoms with Gasteiger partial charge in [0.25, 0.3) is 0 Å². The molecule has 0 N–H and O–H groups in total. The molecule has 0 amide bonds. The van der Waals surface area contributed by atoms with Crippen LogP contribution < -0.4 is 4.90 Å². The van der Waals surface area contributed by atoms with Crippen LogP contribution in [0.1, 0.15) is 36.1 Å². The van der Waals surface area contributed by atoms with E-state index in [0.29, 0.717) is 0 Å². The summed E-state index contributed by atoms with van der Waals surface area (Å²) in [5.74, 6) is 7.41. The van der Waals surface area contributed by atoms with Crippen molar-refractivity contribution >= 4 is 38.9 Å². The van der Waals surface area contributed by atoms with Gasteiger partial charge in [-0.1, -0.05) is 177 Å². The summed E-state index contributed by atoms with van der Waals surface area (Å²) in [5.41, 5.74) is 18.3. The molecule has 0 fully saturated rings. The molecule has 2 heteroatoms. The van der Waals surface area contributed by atoms with Crippen LogP contribution in [0.4, 0.5) is 17.1 Å². The zero-order valence-electron chi connectivity index (χ0n) is 34.2. The van der Waals surface area contributed by atoms with Crippen LogP contribution in [0.15, 0.2) is 218 Å². The van der Waals surface area contributed by atoms with Gasteiger partial charge in [0, 0.05) is 49.9 Å². The number of aromatic nitrogens is 1. The minimum atomic E-state index is -0.265. The lowest BCUT2D eigenvalue weighted by atomic mass is 9.81. The second kappa shape index (κ2) is 14.8. The molecule has 2 nitrogen and oxygen atoms in total. The number of rotatable bonds is 6. The number of nitrogens with zero attached hydrogens (tertiary/aromatic N) is 2. The van der Waals surface area contributed by atoms with E-state index in [1.54, 1.807) is 0 Å². The molecule has 0 saturated carbocycles. The number of para-hydroxylation sites is 4. The van der Waals surface area contributed by atoms with E-state index in [1.165, 1.54) is 49.7 Å². The summed E-state index contributed by atoms with van der Waals surface area (Å²) in [5, 5.41) is 2.55. The molecular formula is C59H42N2. The molecule has 1 aliphatic carbocycles. The largest absolute Gasteiger partial charge is 0.310 e. The highest BCUT2D eigenvalue weighted by atomic mass is 15.1. The van der Waals surface area contributed by atoms with E-state index < -0.39 is 0 Å². The average Bonchev–Trinajstić information content (AvgIpc) is 3.78. The first-order chi connectivity index (χ1) is 30.0. The van der Waals surface area contributed by atoms with Gasteiger partial charge in [0.05, 0.1) is 16.7 Å². The molecule has 61 heavy (non-hydrogen) atoms. The number of benzene rings is 9. The Labute approximate surface area is 357 Å². The second-order valence-corrected chi connectivity index (χ2v) is 16.4. The zero-order valence-corrected chi connectivity index (χ0v) is 34.2. The quantitative estimate of drug-likeness (QED) is 0.153. The van der Waals surface area contributed by atoms with E-state index in [1.807, 2.05) is 0 Å². The molecule has 1 heterocycles. The number of fused-ring (bicyclic) bond motifs is 7. The highest BCUT2D eigenvalue weighted by molar-refractivity contribution is 6.13. The highest BCUT2D eigenvalue weighted by Gasteiger charge is 2.38. The molecule has 0 atom stereocenters. The van der Waals surface area contributed by atoms with Crippen molar-refractivity contribution < 1.29 is 0 Å². The van der Waals surface area contributed by atoms with Crippen LogP contribution >= 0.6 is 0 Å². The number of hydrogen-bond donors (Lipinski definition) is 0. The average molecular weight is 779 g/mol. The summed E-state index contributed by atoms with van der Waals surface area (Å²) in [6.45, 7) is 4.76. The zero-order chi connectivity index (χ0) is 40.9. The van der Waals surface area contributed by atoms with Crippen LogP contribution in [-0.4, -0.2) is 4.57 Å². The van der Waals surface area contributed by atoms with E-state index in [0.717, 1.165) is 50.4 Å². The SMILES string of the molecule is CC1(C)c2cc(C#Cc3cc(-c4ccccc4)c(N(c4ccccc4)c4ccccc4)cc3-c3ccccc3)ccc2-c2ccc3c4ccccc4n(-c4ccccc4)c3c21. The molecular weight excluding hydrogens is 737 g/mol. The van der Waals surface area contributed by atoms with Crippen LogP contribution in [0.25, 0.3) is 60.9 Å². The summed E-state index contributed by atoms with van der Waals surface area (Å²) >= 11 is 0.